The molecule has 1 aliphatic rings. The Kier molecular flexibility index (Phi) is 8.70. The van der Waals surface area contributed by atoms with E-state index in [1.54, 1.807) is 28.7 Å². The van der Waals surface area contributed by atoms with Gasteiger partial charge in [-0.15, -0.1) is 0 Å². The maximum atomic E-state index is 12.2. The van der Waals surface area contributed by atoms with E-state index in [0.29, 0.717) is 25.6 Å². The number of carbonyl (C=O) groups is 2. The summed E-state index contributed by atoms with van der Waals surface area (Å²) >= 11 is 0. The molecule has 0 bridgehead atoms. The molecule has 0 aromatic carbocycles. The van der Waals surface area contributed by atoms with Crippen LogP contribution in [0.4, 0.5) is 0 Å². The van der Waals surface area contributed by atoms with Gasteiger partial charge in [-0.3, -0.25) is 9.59 Å². The van der Waals surface area contributed by atoms with Crippen molar-refractivity contribution in [1.29, 1.82) is 0 Å². The molecule has 1 heterocycles. The number of ether oxygens (including phenoxy) is 3. The topological polar surface area (TPSA) is 61.8 Å². The van der Waals surface area contributed by atoms with Crippen molar-refractivity contribution in [3.05, 3.63) is 0 Å². The van der Waals surface area contributed by atoms with Crippen molar-refractivity contribution in [2.24, 2.45) is 11.3 Å². The summed E-state index contributed by atoms with van der Waals surface area (Å²) in [4.78, 5) is 24.2. The van der Waals surface area contributed by atoms with Gasteiger partial charge in [-0.05, 0) is 0 Å². The van der Waals surface area contributed by atoms with Gasteiger partial charge in [-0.1, -0.05) is 35.4 Å². The van der Waals surface area contributed by atoms with Crippen molar-refractivity contribution in [1.82, 2.24) is 0 Å². The van der Waals surface area contributed by atoms with E-state index >= 15 is 0 Å². The summed E-state index contributed by atoms with van der Waals surface area (Å²) in [5.74, 6) is 0.883. The molecule has 1 rings (SSSR count). The van der Waals surface area contributed by atoms with E-state index in [0.717, 1.165) is 5.75 Å². The molecule has 5 nitrogen and oxygen atoms in total. The van der Waals surface area contributed by atoms with Gasteiger partial charge < -0.3 is 14.2 Å². The SMILES string of the molecule is COCCOCCOC(=O)C1CSSCC(C)(C)C(=O)C1. The average molecular weight is 336 g/mol. The molecule has 21 heavy (non-hydrogen) atoms. The van der Waals surface area contributed by atoms with E-state index < -0.39 is 0 Å². The first-order valence-electron chi connectivity index (χ1n) is 6.98. The molecule has 1 unspecified atom stereocenters. The summed E-state index contributed by atoms with van der Waals surface area (Å²) < 4.78 is 15.3. The van der Waals surface area contributed by atoms with Crippen LogP contribution < -0.4 is 0 Å². The number of ketones is 1. The third-order valence-electron chi connectivity index (χ3n) is 3.20. The van der Waals surface area contributed by atoms with Gasteiger partial charge in [-0.2, -0.15) is 0 Å². The molecule has 0 N–H and O–H groups in total. The normalized spacial score (nSPS) is 22.4. The fourth-order valence-corrected chi connectivity index (χ4v) is 4.64. The molecule has 1 atom stereocenters. The Morgan fingerprint density at radius 2 is 1.95 bits per heavy atom. The fourth-order valence-electron chi connectivity index (χ4n) is 1.67. The van der Waals surface area contributed by atoms with Gasteiger partial charge in [0, 0.05) is 30.5 Å². The van der Waals surface area contributed by atoms with E-state index in [2.05, 4.69) is 0 Å². The lowest BCUT2D eigenvalue weighted by Gasteiger charge is -2.27. The molecule has 0 radical (unpaired) electrons. The predicted molar refractivity (Wildman–Crippen MR) is 85.5 cm³/mol. The second-order valence-corrected chi connectivity index (χ2v) is 8.04. The Morgan fingerprint density at radius 3 is 2.67 bits per heavy atom. The van der Waals surface area contributed by atoms with Gasteiger partial charge in [0.2, 0.25) is 0 Å². The summed E-state index contributed by atoms with van der Waals surface area (Å²) in [6.07, 6.45) is 0.268. The Bertz CT molecular complexity index is 346. The number of rotatable bonds is 7. The maximum Gasteiger partial charge on any atom is 0.310 e. The third-order valence-corrected chi connectivity index (χ3v) is 6.00. The minimum atomic E-state index is -0.375. The molecule has 122 valence electrons. The predicted octanol–water partition coefficient (Wildman–Crippen LogP) is 2.19. The highest BCUT2D eigenvalue weighted by Crippen LogP contribution is 2.37. The molecule has 1 fully saturated rings. The Morgan fingerprint density at radius 1 is 1.24 bits per heavy atom. The highest BCUT2D eigenvalue weighted by atomic mass is 33.1. The second-order valence-electron chi connectivity index (χ2n) is 5.53. The van der Waals surface area contributed by atoms with Crippen molar-refractivity contribution >= 4 is 33.3 Å². The minimum absolute atomic E-state index is 0.133. The molecule has 0 saturated carbocycles. The Labute approximate surface area is 134 Å². The number of Topliss-reactive ketones (excluding diaryl/α,β-unsaturated/α-hetero) is 1. The Hall–Kier alpha value is -0.240. The van der Waals surface area contributed by atoms with Gasteiger partial charge in [0.05, 0.1) is 25.7 Å². The molecule has 0 amide bonds. The summed E-state index contributed by atoms with van der Waals surface area (Å²) in [5.41, 5.74) is -0.375. The lowest BCUT2D eigenvalue weighted by molar-refractivity contribution is -0.151. The second kappa shape index (κ2) is 9.71. The molecule has 0 aromatic rings. The van der Waals surface area contributed by atoms with Gasteiger partial charge in [0.25, 0.3) is 0 Å². The highest BCUT2D eigenvalue weighted by Gasteiger charge is 2.34. The summed E-state index contributed by atoms with van der Waals surface area (Å²) in [7, 11) is 4.89. The molecule has 0 spiro atoms. The van der Waals surface area contributed by atoms with Crippen LogP contribution in [0.25, 0.3) is 0 Å². The van der Waals surface area contributed by atoms with Crippen LogP contribution in [0.5, 0.6) is 0 Å². The highest BCUT2D eigenvalue weighted by molar-refractivity contribution is 8.76. The van der Waals surface area contributed by atoms with Crippen LogP contribution in [0.2, 0.25) is 0 Å². The number of esters is 1. The lowest BCUT2D eigenvalue weighted by Crippen LogP contribution is -2.33. The van der Waals surface area contributed by atoms with Gasteiger partial charge in [0.1, 0.15) is 12.4 Å². The number of hydrogen-bond donors (Lipinski definition) is 0. The first-order chi connectivity index (χ1) is 9.97. The van der Waals surface area contributed by atoms with Gasteiger partial charge in [0.15, 0.2) is 0 Å². The van der Waals surface area contributed by atoms with Crippen molar-refractivity contribution in [3.63, 3.8) is 0 Å². The zero-order chi connectivity index (χ0) is 15.7. The molecular weight excluding hydrogens is 312 g/mol. The van der Waals surface area contributed by atoms with Crippen LogP contribution in [-0.4, -0.2) is 56.8 Å². The van der Waals surface area contributed by atoms with Crippen LogP contribution in [0.3, 0.4) is 0 Å². The average Bonchev–Trinajstić information content (AvgIpc) is 2.44. The van der Waals surface area contributed by atoms with Crippen LogP contribution in [0, 0.1) is 11.3 Å². The summed E-state index contributed by atoms with van der Waals surface area (Å²) in [5, 5.41) is 0. The van der Waals surface area contributed by atoms with Crippen LogP contribution in [0.1, 0.15) is 20.3 Å². The minimum Gasteiger partial charge on any atom is -0.463 e. The van der Waals surface area contributed by atoms with Gasteiger partial charge >= 0.3 is 5.97 Å². The van der Waals surface area contributed by atoms with E-state index in [1.165, 1.54) is 0 Å². The quantitative estimate of drug-likeness (QED) is 0.401. The molecular formula is C14H24O5S2. The zero-order valence-electron chi connectivity index (χ0n) is 12.9. The monoisotopic (exact) mass is 336 g/mol. The molecule has 1 aliphatic heterocycles. The standard InChI is InChI=1S/C14H24O5S2/c1-14(2)10-21-20-9-11(8-12(14)15)13(16)19-7-6-18-5-4-17-3/h11H,4-10H2,1-3H3. The third kappa shape index (κ3) is 7.04. The molecule has 7 heteroatoms. The summed E-state index contributed by atoms with van der Waals surface area (Å²) in [6.45, 7) is 5.43. The van der Waals surface area contributed by atoms with Gasteiger partial charge in [-0.25, -0.2) is 0 Å². The first-order valence-corrected chi connectivity index (χ1v) is 9.47. The smallest absolute Gasteiger partial charge is 0.310 e. The molecule has 1 saturated heterocycles. The largest absolute Gasteiger partial charge is 0.463 e. The van der Waals surface area contributed by atoms with Crippen molar-refractivity contribution in [2.75, 3.05) is 45.0 Å². The zero-order valence-corrected chi connectivity index (χ0v) is 14.5. The van der Waals surface area contributed by atoms with Crippen molar-refractivity contribution in [3.8, 4) is 0 Å². The van der Waals surface area contributed by atoms with Crippen LogP contribution in [0.15, 0.2) is 0 Å². The van der Waals surface area contributed by atoms with Crippen LogP contribution in [-0.2, 0) is 23.8 Å². The first kappa shape index (κ1) is 18.8. The summed E-state index contributed by atoms with van der Waals surface area (Å²) in [6, 6.07) is 0. The lowest BCUT2D eigenvalue weighted by atomic mass is 9.85. The Balaban J connectivity index is 2.33. The van der Waals surface area contributed by atoms with E-state index in [4.69, 9.17) is 14.2 Å². The van der Waals surface area contributed by atoms with Crippen molar-refractivity contribution in [2.45, 2.75) is 20.3 Å². The molecule has 0 aliphatic carbocycles. The van der Waals surface area contributed by atoms with E-state index in [9.17, 15) is 9.59 Å². The van der Waals surface area contributed by atoms with E-state index in [1.807, 2.05) is 13.8 Å². The fraction of sp³-hybridized carbons (Fsp3) is 0.857. The molecule has 0 aromatic heterocycles. The number of hydrogen-bond acceptors (Lipinski definition) is 7. The number of methoxy groups -OCH3 is 1. The van der Waals surface area contributed by atoms with Crippen molar-refractivity contribution < 1.29 is 23.8 Å². The number of carbonyl (C=O) groups excluding carboxylic acids is 2. The maximum absolute atomic E-state index is 12.2. The van der Waals surface area contributed by atoms with Crippen LogP contribution >= 0.6 is 21.6 Å². The van der Waals surface area contributed by atoms with E-state index in [-0.39, 0.29) is 36.1 Å².